The van der Waals surface area contributed by atoms with Crippen molar-refractivity contribution in [3.05, 3.63) is 69.3 Å². The van der Waals surface area contributed by atoms with E-state index in [0.29, 0.717) is 12.2 Å². The molecule has 3 rings (SSSR count). The molecular weight excluding hydrogens is 330 g/mol. The van der Waals surface area contributed by atoms with E-state index in [2.05, 4.69) is 15.4 Å². The molecule has 7 heteroatoms. The van der Waals surface area contributed by atoms with Gasteiger partial charge in [0.25, 0.3) is 5.56 Å². The first kappa shape index (κ1) is 17.9. The summed E-state index contributed by atoms with van der Waals surface area (Å²) in [5.41, 5.74) is 10.0. The predicted octanol–water partition coefficient (Wildman–Crippen LogP) is 1.59. The van der Waals surface area contributed by atoms with Gasteiger partial charge in [0, 0.05) is 35.6 Å². The molecule has 0 aliphatic rings. The first-order valence-corrected chi connectivity index (χ1v) is 8.54. The van der Waals surface area contributed by atoms with Gasteiger partial charge in [-0.1, -0.05) is 37.3 Å². The quantitative estimate of drug-likeness (QED) is 0.648. The molecule has 0 fully saturated rings. The van der Waals surface area contributed by atoms with E-state index in [1.807, 2.05) is 51.1 Å². The minimum Gasteiger partial charge on any atom is -0.352 e. The average molecular weight is 353 g/mol. The predicted molar refractivity (Wildman–Crippen MR) is 99.7 cm³/mol. The maximum atomic E-state index is 12.5. The van der Waals surface area contributed by atoms with Crippen molar-refractivity contribution in [2.24, 2.45) is 11.7 Å². The molecule has 136 valence electrons. The van der Waals surface area contributed by atoms with Crippen LogP contribution in [0.5, 0.6) is 0 Å². The van der Waals surface area contributed by atoms with Crippen LogP contribution in [-0.4, -0.2) is 20.5 Å². The molecule has 2 aromatic heterocycles. The van der Waals surface area contributed by atoms with Crippen molar-refractivity contribution in [2.45, 2.75) is 33.4 Å². The number of nitrogens with one attached hydrogen (secondary N) is 2. The molecule has 0 aliphatic carbocycles. The van der Waals surface area contributed by atoms with E-state index in [1.165, 1.54) is 6.07 Å². The summed E-state index contributed by atoms with van der Waals surface area (Å²) in [5.74, 6) is -0.498. The van der Waals surface area contributed by atoms with E-state index < -0.39 is 0 Å². The van der Waals surface area contributed by atoms with E-state index in [9.17, 15) is 9.59 Å². The van der Waals surface area contributed by atoms with Gasteiger partial charge in [-0.15, -0.1) is 0 Å². The molecule has 1 amide bonds. The molecule has 0 saturated heterocycles. The lowest BCUT2D eigenvalue weighted by Gasteiger charge is -2.20. The lowest BCUT2D eigenvalue weighted by Crippen LogP contribution is -2.35. The number of H-pyrrole nitrogens is 1. The lowest BCUT2D eigenvalue weighted by atomic mass is 9.94. The Morgan fingerprint density at radius 1 is 1.31 bits per heavy atom. The Kier molecular flexibility index (Phi) is 4.90. The van der Waals surface area contributed by atoms with Crippen molar-refractivity contribution in [3.8, 4) is 0 Å². The van der Waals surface area contributed by atoms with E-state index in [0.717, 1.165) is 22.5 Å². The van der Waals surface area contributed by atoms with Crippen LogP contribution in [0.2, 0.25) is 0 Å². The fraction of sp³-hybridized carbons (Fsp3) is 0.316. The maximum Gasteiger partial charge on any atom is 0.266 e. The summed E-state index contributed by atoms with van der Waals surface area (Å²) in [4.78, 5) is 28.5. The van der Waals surface area contributed by atoms with Gasteiger partial charge in [0.2, 0.25) is 5.91 Å². The number of aromatic nitrogens is 3. The van der Waals surface area contributed by atoms with Crippen LogP contribution >= 0.6 is 0 Å². The van der Waals surface area contributed by atoms with Gasteiger partial charge < -0.3 is 11.1 Å². The first-order valence-electron chi connectivity index (χ1n) is 8.54. The number of benzene rings is 1. The molecule has 7 nitrogen and oxygen atoms in total. The fourth-order valence-corrected chi connectivity index (χ4v) is 3.07. The Hall–Kier alpha value is -2.93. The lowest BCUT2D eigenvalue weighted by molar-refractivity contribution is -0.125. The summed E-state index contributed by atoms with van der Waals surface area (Å²) in [5, 5.41) is 5.65. The topological polar surface area (TPSA) is 105 Å². The zero-order valence-corrected chi connectivity index (χ0v) is 15.1. The van der Waals surface area contributed by atoms with Crippen LogP contribution in [0.1, 0.15) is 35.5 Å². The largest absolute Gasteiger partial charge is 0.352 e. The molecule has 2 unspecified atom stereocenters. The van der Waals surface area contributed by atoms with Crippen molar-refractivity contribution in [1.82, 2.24) is 19.9 Å². The van der Waals surface area contributed by atoms with Crippen LogP contribution in [0.3, 0.4) is 0 Å². The molecule has 2 atom stereocenters. The van der Waals surface area contributed by atoms with Crippen molar-refractivity contribution in [3.63, 3.8) is 0 Å². The molecule has 26 heavy (non-hydrogen) atoms. The summed E-state index contributed by atoms with van der Waals surface area (Å²) in [7, 11) is 0. The first-order chi connectivity index (χ1) is 12.4. The molecular formula is C19H23N5O2. The van der Waals surface area contributed by atoms with E-state index in [4.69, 9.17) is 5.73 Å². The highest BCUT2D eigenvalue weighted by atomic mass is 16.2. The smallest absolute Gasteiger partial charge is 0.266 e. The highest BCUT2D eigenvalue weighted by molar-refractivity contribution is 5.79. The van der Waals surface area contributed by atoms with Crippen LogP contribution in [0.25, 0.3) is 5.65 Å². The highest BCUT2D eigenvalue weighted by Crippen LogP contribution is 2.19. The second kappa shape index (κ2) is 7.13. The Morgan fingerprint density at radius 3 is 2.69 bits per heavy atom. The fourth-order valence-electron chi connectivity index (χ4n) is 3.07. The molecule has 0 aliphatic heterocycles. The zero-order chi connectivity index (χ0) is 18.8. The standard InChI is InChI=1S/C19H23N5O2/c1-11(18(20)14-7-5-4-6-8-14)19(26)21-10-15-12(2)22-16-9-17(25)23-24(16)13(15)3/h4-9,11,18H,10,20H2,1-3H3,(H,21,26)(H,23,25). The summed E-state index contributed by atoms with van der Waals surface area (Å²) in [6.45, 7) is 5.90. The van der Waals surface area contributed by atoms with E-state index in [-0.39, 0.29) is 23.4 Å². The number of hydrogen-bond donors (Lipinski definition) is 3. The molecule has 0 bridgehead atoms. The molecule has 1 aromatic carbocycles. The normalized spacial score (nSPS) is 13.5. The number of fused-ring (bicyclic) bond motifs is 1. The summed E-state index contributed by atoms with van der Waals surface area (Å²) in [6, 6.07) is 10.6. The molecule has 2 heterocycles. The van der Waals surface area contributed by atoms with Crippen molar-refractivity contribution < 1.29 is 4.79 Å². The Balaban J connectivity index is 1.75. The summed E-state index contributed by atoms with van der Waals surface area (Å²) in [6.07, 6.45) is 0. The number of nitrogens with zero attached hydrogens (tertiary/aromatic N) is 2. The van der Waals surface area contributed by atoms with Gasteiger partial charge in [-0.2, -0.15) is 0 Å². The Bertz CT molecular complexity index is 990. The summed E-state index contributed by atoms with van der Waals surface area (Å²) >= 11 is 0. The van der Waals surface area contributed by atoms with Crippen LogP contribution in [0.15, 0.2) is 41.2 Å². The number of carbonyl (C=O) groups excluding carboxylic acids is 1. The Labute approximate surface area is 151 Å². The van der Waals surface area contributed by atoms with Crippen molar-refractivity contribution >= 4 is 11.6 Å². The van der Waals surface area contributed by atoms with Crippen molar-refractivity contribution in [2.75, 3.05) is 0 Å². The third-order valence-electron chi connectivity index (χ3n) is 4.78. The van der Waals surface area contributed by atoms with Gasteiger partial charge >= 0.3 is 0 Å². The number of hydrogen-bond acceptors (Lipinski definition) is 4. The third-order valence-corrected chi connectivity index (χ3v) is 4.78. The number of aromatic amines is 1. The number of rotatable bonds is 5. The number of aryl methyl sites for hydroxylation is 2. The minimum atomic E-state index is -0.375. The zero-order valence-electron chi connectivity index (χ0n) is 15.1. The Morgan fingerprint density at radius 2 is 2.00 bits per heavy atom. The van der Waals surface area contributed by atoms with E-state index >= 15 is 0 Å². The number of amides is 1. The minimum absolute atomic E-state index is 0.124. The van der Waals surface area contributed by atoms with Crippen LogP contribution in [0.4, 0.5) is 0 Å². The van der Waals surface area contributed by atoms with Gasteiger partial charge in [0.15, 0.2) is 5.65 Å². The van der Waals surface area contributed by atoms with Crippen molar-refractivity contribution in [1.29, 1.82) is 0 Å². The van der Waals surface area contributed by atoms with Gasteiger partial charge in [0.1, 0.15) is 0 Å². The molecule has 4 N–H and O–H groups in total. The molecule has 3 aromatic rings. The number of nitrogens with two attached hydrogens (primary N) is 1. The van der Waals surface area contributed by atoms with Crippen LogP contribution in [0, 0.1) is 19.8 Å². The second-order valence-corrected chi connectivity index (χ2v) is 6.52. The van der Waals surface area contributed by atoms with Gasteiger partial charge in [-0.25, -0.2) is 9.50 Å². The second-order valence-electron chi connectivity index (χ2n) is 6.52. The number of carbonyl (C=O) groups is 1. The van der Waals surface area contributed by atoms with Crippen LogP contribution < -0.4 is 16.6 Å². The maximum absolute atomic E-state index is 12.5. The SMILES string of the molecule is Cc1nc2cc(=O)[nH]n2c(C)c1CNC(=O)C(C)C(N)c1ccccc1. The third kappa shape index (κ3) is 3.39. The molecule has 0 saturated carbocycles. The average Bonchev–Trinajstić information content (AvgIpc) is 3.01. The monoisotopic (exact) mass is 353 g/mol. The van der Waals surface area contributed by atoms with Gasteiger partial charge in [0.05, 0.1) is 5.92 Å². The van der Waals surface area contributed by atoms with E-state index in [1.54, 1.807) is 4.52 Å². The van der Waals surface area contributed by atoms with Gasteiger partial charge in [-0.05, 0) is 19.4 Å². The molecule has 0 spiro atoms. The highest BCUT2D eigenvalue weighted by Gasteiger charge is 2.22. The van der Waals surface area contributed by atoms with Gasteiger partial charge in [-0.3, -0.25) is 14.7 Å². The molecule has 0 radical (unpaired) electrons. The summed E-state index contributed by atoms with van der Waals surface area (Å²) < 4.78 is 1.63. The van der Waals surface area contributed by atoms with Crippen LogP contribution in [-0.2, 0) is 11.3 Å².